The predicted molar refractivity (Wildman–Crippen MR) is 80.7 cm³/mol. The molecule has 0 aromatic carbocycles. The van der Waals surface area contributed by atoms with Crippen molar-refractivity contribution < 1.29 is 24.1 Å². The monoisotopic (exact) mass is 414 g/mol. The van der Waals surface area contributed by atoms with Gasteiger partial charge in [-0.05, 0) is 65.6 Å². The van der Waals surface area contributed by atoms with Crippen LogP contribution in [0.1, 0.15) is 27.7 Å². The van der Waals surface area contributed by atoms with Crippen molar-refractivity contribution in [1.82, 2.24) is 0 Å². The molecule has 7 heteroatoms. The van der Waals surface area contributed by atoms with Crippen LogP contribution >= 0.6 is 31.9 Å². The molecule has 0 aromatic heterocycles. The van der Waals surface area contributed by atoms with E-state index in [0.29, 0.717) is 6.61 Å². The second kappa shape index (κ2) is 5.95. The first-order valence-electron chi connectivity index (χ1n) is 6.48. The average molecular weight is 416 g/mol. The molecule has 0 radical (unpaired) electrons. The van der Waals surface area contributed by atoms with E-state index in [1.807, 2.05) is 33.8 Å². The zero-order valence-electron chi connectivity index (χ0n) is 11.9. The van der Waals surface area contributed by atoms with Crippen LogP contribution in [0.15, 0.2) is 9.47 Å². The topological polar surface area (TPSA) is 57.2 Å². The van der Waals surface area contributed by atoms with Gasteiger partial charge in [-0.25, -0.2) is 0 Å². The van der Waals surface area contributed by atoms with Gasteiger partial charge < -0.3 is 24.1 Å². The molecule has 0 unspecified atom stereocenters. The van der Waals surface area contributed by atoms with E-state index in [4.69, 9.17) is 18.9 Å². The molecule has 2 aliphatic heterocycles. The number of rotatable bonds is 3. The van der Waals surface area contributed by atoms with Crippen LogP contribution < -0.4 is 0 Å². The molecule has 1 N–H and O–H groups in total. The maximum absolute atomic E-state index is 10.5. The fourth-order valence-electron chi connectivity index (χ4n) is 2.43. The van der Waals surface area contributed by atoms with Gasteiger partial charge in [0.1, 0.15) is 24.4 Å². The molecule has 116 valence electrons. The van der Waals surface area contributed by atoms with E-state index in [0.717, 1.165) is 3.39 Å². The van der Waals surface area contributed by atoms with E-state index in [1.54, 1.807) is 0 Å². The Balaban J connectivity index is 2.11. The number of aliphatic hydroxyl groups excluding tert-OH is 1. The normalized spacial score (nSPS) is 36.9. The summed E-state index contributed by atoms with van der Waals surface area (Å²) >= 11 is 6.61. The molecular formula is C13H20Br2O5. The van der Waals surface area contributed by atoms with Crippen molar-refractivity contribution in [2.75, 3.05) is 6.61 Å². The fourth-order valence-corrected chi connectivity index (χ4v) is 2.95. The summed E-state index contributed by atoms with van der Waals surface area (Å²) in [5.74, 6) is -1.43. The Labute approximate surface area is 135 Å². The SMILES string of the molecule is CC1(C)O[C@@H]([C@H](O)[C@H]2COC(C)(C)O2)[C@@H](C=C(Br)Br)O1. The van der Waals surface area contributed by atoms with Crippen LogP contribution in [0.5, 0.6) is 0 Å². The lowest BCUT2D eigenvalue weighted by Crippen LogP contribution is -2.44. The molecule has 2 aliphatic rings. The number of aliphatic hydroxyl groups is 1. The third kappa shape index (κ3) is 4.03. The standard InChI is InChI=1S/C13H20Br2O5/c1-12(2)17-6-8(19-12)10(16)11-7(5-9(14)15)18-13(3,4)20-11/h5,7-8,10-11,16H,6H2,1-4H3/t7-,8-,10-,11-/m1/s1. The number of halogens is 2. The summed E-state index contributed by atoms with van der Waals surface area (Å²) in [4.78, 5) is 0. The Morgan fingerprint density at radius 3 is 2.30 bits per heavy atom. The van der Waals surface area contributed by atoms with Gasteiger partial charge in [0.25, 0.3) is 0 Å². The summed E-state index contributed by atoms with van der Waals surface area (Å²) in [5, 5.41) is 10.5. The largest absolute Gasteiger partial charge is 0.387 e. The molecule has 2 fully saturated rings. The minimum Gasteiger partial charge on any atom is -0.387 e. The van der Waals surface area contributed by atoms with Crippen molar-refractivity contribution in [1.29, 1.82) is 0 Å². The third-order valence-electron chi connectivity index (χ3n) is 3.20. The lowest BCUT2D eigenvalue weighted by Gasteiger charge is -2.26. The zero-order valence-corrected chi connectivity index (χ0v) is 15.1. The molecule has 0 aliphatic carbocycles. The molecular weight excluding hydrogens is 396 g/mol. The van der Waals surface area contributed by atoms with Gasteiger partial charge in [0.15, 0.2) is 11.6 Å². The van der Waals surface area contributed by atoms with Gasteiger partial charge in [0.05, 0.1) is 10.00 Å². The first-order valence-corrected chi connectivity index (χ1v) is 8.06. The molecule has 5 nitrogen and oxygen atoms in total. The molecule has 2 heterocycles. The Morgan fingerprint density at radius 2 is 1.80 bits per heavy atom. The summed E-state index contributed by atoms with van der Waals surface area (Å²) < 4.78 is 23.5. The highest BCUT2D eigenvalue weighted by atomic mass is 79.9. The zero-order chi connectivity index (χ0) is 15.1. The van der Waals surface area contributed by atoms with Crippen molar-refractivity contribution >= 4 is 31.9 Å². The second-order valence-electron chi connectivity index (χ2n) is 5.88. The minimum absolute atomic E-state index is 0.334. The maximum atomic E-state index is 10.5. The molecule has 0 amide bonds. The van der Waals surface area contributed by atoms with E-state index in [-0.39, 0.29) is 6.10 Å². The van der Waals surface area contributed by atoms with Gasteiger partial charge >= 0.3 is 0 Å². The Morgan fingerprint density at radius 1 is 1.15 bits per heavy atom. The van der Waals surface area contributed by atoms with Gasteiger partial charge in [0, 0.05) is 0 Å². The Bertz CT molecular complexity index is 392. The number of hydrogen-bond acceptors (Lipinski definition) is 5. The van der Waals surface area contributed by atoms with E-state index in [1.165, 1.54) is 0 Å². The first kappa shape index (κ1) is 16.9. The van der Waals surface area contributed by atoms with Crippen molar-refractivity contribution in [3.63, 3.8) is 0 Å². The predicted octanol–water partition coefficient (Wildman–Crippen LogP) is 2.65. The molecule has 0 aromatic rings. The quantitative estimate of drug-likeness (QED) is 0.767. The third-order valence-corrected chi connectivity index (χ3v) is 3.73. The summed E-state index contributed by atoms with van der Waals surface area (Å²) in [6.07, 6.45) is -0.348. The Hall–Kier alpha value is 0.500. The molecule has 0 saturated carbocycles. The van der Waals surface area contributed by atoms with Crippen LogP contribution in [0.4, 0.5) is 0 Å². The average Bonchev–Trinajstić information content (AvgIpc) is 2.77. The van der Waals surface area contributed by atoms with Crippen LogP contribution in [-0.2, 0) is 18.9 Å². The van der Waals surface area contributed by atoms with Gasteiger partial charge in [-0.1, -0.05) is 0 Å². The summed E-state index contributed by atoms with van der Waals surface area (Å²) in [6.45, 7) is 7.61. The van der Waals surface area contributed by atoms with Crippen molar-refractivity contribution in [2.45, 2.75) is 63.7 Å². The second-order valence-corrected chi connectivity index (χ2v) is 8.65. The summed E-state index contributed by atoms with van der Waals surface area (Å²) in [5.41, 5.74) is 0. The van der Waals surface area contributed by atoms with Crippen LogP contribution in [0.25, 0.3) is 0 Å². The first-order chi connectivity index (χ1) is 9.10. The van der Waals surface area contributed by atoms with Crippen molar-refractivity contribution in [2.24, 2.45) is 0 Å². The molecule has 0 spiro atoms. The molecule has 4 atom stereocenters. The van der Waals surface area contributed by atoms with E-state index >= 15 is 0 Å². The van der Waals surface area contributed by atoms with Gasteiger partial charge in [-0.3, -0.25) is 0 Å². The highest BCUT2D eigenvalue weighted by molar-refractivity contribution is 9.28. The van der Waals surface area contributed by atoms with E-state index < -0.39 is 29.9 Å². The molecule has 2 rings (SSSR count). The van der Waals surface area contributed by atoms with E-state index in [2.05, 4.69) is 31.9 Å². The lowest BCUT2D eigenvalue weighted by molar-refractivity contribution is -0.178. The maximum Gasteiger partial charge on any atom is 0.164 e. The molecule has 20 heavy (non-hydrogen) atoms. The van der Waals surface area contributed by atoms with Crippen LogP contribution in [0, 0.1) is 0 Å². The van der Waals surface area contributed by atoms with Gasteiger partial charge in [0.2, 0.25) is 0 Å². The smallest absolute Gasteiger partial charge is 0.164 e. The number of hydrogen-bond donors (Lipinski definition) is 1. The van der Waals surface area contributed by atoms with Crippen LogP contribution in [-0.4, -0.2) is 47.7 Å². The molecule has 0 bridgehead atoms. The molecule has 2 saturated heterocycles. The summed E-state index contributed by atoms with van der Waals surface area (Å²) in [7, 11) is 0. The highest BCUT2D eigenvalue weighted by Gasteiger charge is 2.49. The highest BCUT2D eigenvalue weighted by Crippen LogP contribution is 2.35. The van der Waals surface area contributed by atoms with Gasteiger partial charge in [-0.15, -0.1) is 0 Å². The van der Waals surface area contributed by atoms with Gasteiger partial charge in [-0.2, -0.15) is 0 Å². The number of ether oxygens (including phenoxy) is 4. The van der Waals surface area contributed by atoms with Crippen molar-refractivity contribution in [3.05, 3.63) is 9.47 Å². The van der Waals surface area contributed by atoms with Crippen LogP contribution in [0.3, 0.4) is 0 Å². The summed E-state index contributed by atoms with van der Waals surface area (Å²) in [6, 6.07) is 0. The minimum atomic E-state index is -0.834. The fraction of sp³-hybridized carbons (Fsp3) is 0.846. The van der Waals surface area contributed by atoms with E-state index in [9.17, 15) is 5.11 Å². The van der Waals surface area contributed by atoms with Crippen LogP contribution in [0.2, 0.25) is 0 Å². The Kier molecular flexibility index (Phi) is 5.01. The van der Waals surface area contributed by atoms with Crippen molar-refractivity contribution in [3.8, 4) is 0 Å². The lowest BCUT2D eigenvalue weighted by atomic mass is 10.0.